The highest BCUT2D eigenvalue weighted by atomic mass is 14.9. The van der Waals surface area contributed by atoms with Crippen LogP contribution in [-0.2, 0) is 5.41 Å². The van der Waals surface area contributed by atoms with Gasteiger partial charge in [0.05, 0.1) is 5.69 Å². The summed E-state index contributed by atoms with van der Waals surface area (Å²) in [5.74, 6) is 0. The average molecular weight is 199 g/mol. The predicted octanol–water partition coefficient (Wildman–Crippen LogP) is 3.17. The van der Waals surface area contributed by atoms with Gasteiger partial charge in [-0.25, -0.2) is 4.98 Å². The number of nitrogens with zero attached hydrogens (tertiary/aromatic N) is 1. The molecule has 0 fully saturated rings. The second kappa shape index (κ2) is 3.54. The van der Waals surface area contributed by atoms with Crippen LogP contribution in [0.4, 0.5) is 0 Å². The lowest BCUT2D eigenvalue weighted by molar-refractivity contribution is 0.590. The van der Waals surface area contributed by atoms with Crippen molar-refractivity contribution < 1.29 is 0 Å². The Bertz CT molecular complexity index is 419. The van der Waals surface area contributed by atoms with Crippen LogP contribution in [0.5, 0.6) is 0 Å². The number of benzene rings is 1. The second-order valence-electron chi connectivity index (χ2n) is 4.72. The Kier molecular flexibility index (Phi) is 2.35. The van der Waals surface area contributed by atoms with Crippen LogP contribution in [0.15, 0.2) is 30.5 Å². The Balaban J connectivity index is 2.33. The summed E-state index contributed by atoms with van der Waals surface area (Å²) in [7, 11) is 0. The molecule has 0 bridgehead atoms. The molecule has 0 spiro atoms. The van der Waals surface area contributed by atoms with Gasteiger partial charge in [-0.15, -0.1) is 0 Å². The van der Waals surface area contributed by atoms with Crippen LogP contribution in [-0.4, -0.2) is 9.97 Å². The largest absolute Gasteiger partial charge is 0.341 e. The Morgan fingerprint density at radius 2 is 1.80 bits per heavy atom. The van der Waals surface area contributed by atoms with Gasteiger partial charge in [0.15, 0.2) is 6.33 Å². The number of aromatic amines is 1. The molecule has 0 saturated carbocycles. The van der Waals surface area contributed by atoms with Crippen molar-refractivity contribution >= 4 is 0 Å². The third-order valence-electron chi connectivity index (χ3n) is 2.50. The summed E-state index contributed by atoms with van der Waals surface area (Å²) < 4.78 is 0. The van der Waals surface area contributed by atoms with E-state index >= 15 is 0 Å². The van der Waals surface area contributed by atoms with Crippen molar-refractivity contribution in [3.05, 3.63) is 42.4 Å². The fourth-order valence-corrected chi connectivity index (χ4v) is 1.51. The first-order valence-electron chi connectivity index (χ1n) is 5.10. The van der Waals surface area contributed by atoms with Crippen LogP contribution < -0.4 is 0 Å². The lowest BCUT2D eigenvalue weighted by Gasteiger charge is -2.18. The molecule has 2 rings (SSSR count). The number of H-pyrrole nitrogens is 1. The van der Waals surface area contributed by atoms with Crippen LogP contribution in [0.3, 0.4) is 0 Å². The molecule has 15 heavy (non-hydrogen) atoms. The molecule has 0 unspecified atom stereocenters. The number of imidazole rings is 1. The zero-order valence-corrected chi connectivity index (χ0v) is 9.33. The Morgan fingerprint density at radius 1 is 1.13 bits per heavy atom. The van der Waals surface area contributed by atoms with Gasteiger partial charge in [0.2, 0.25) is 0 Å². The van der Waals surface area contributed by atoms with E-state index in [4.69, 9.17) is 0 Å². The molecule has 2 heteroatoms. The average Bonchev–Trinajstić information content (AvgIpc) is 2.69. The molecular weight excluding hydrogens is 184 g/mol. The topological polar surface area (TPSA) is 28.7 Å². The SMILES string of the molecule is CC(C)(C)c1ccc(-c2c[nH][c]n2)cc1. The molecule has 0 aliphatic rings. The lowest BCUT2D eigenvalue weighted by Crippen LogP contribution is -2.10. The molecule has 2 nitrogen and oxygen atoms in total. The van der Waals surface area contributed by atoms with Crippen molar-refractivity contribution in [3.63, 3.8) is 0 Å². The molecule has 1 aromatic carbocycles. The van der Waals surface area contributed by atoms with Crippen molar-refractivity contribution in [2.75, 3.05) is 0 Å². The minimum absolute atomic E-state index is 0.205. The Hall–Kier alpha value is -1.57. The summed E-state index contributed by atoms with van der Waals surface area (Å²) in [6.07, 6.45) is 4.55. The maximum Gasteiger partial charge on any atom is 0.174 e. The van der Waals surface area contributed by atoms with Crippen molar-refractivity contribution in [1.82, 2.24) is 9.97 Å². The molecule has 77 valence electrons. The summed E-state index contributed by atoms with van der Waals surface area (Å²) in [6, 6.07) is 8.52. The van der Waals surface area contributed by atoms with Gasteiger partial charge in [-0.3, -0.25) is 0 Å². The van der Waals surface area contributed by atoms with Gasteiger partial charge in [0.1, 0.15) is 0 Å². The van der Waals surface area contributed by atoms with E-state index in [1.54, 1.807) is 0 Å². The molecule has 1 N–H and O–H groups in total. The van der Waals surface area contributed by atoms with E-state index in [9.17, 15) is 0 Å². The Morgan fingerprint density at radius 3 is 2.27 bits per heavy atom. The molecule has 1 aromatic heterocycles. The van der Waals surface area contributed by atoms with E-state index in [2.05, 4.69) is 61.3 Å². The minimum Gasteiger partial charge on any atom is -0.341 e. The van der Waals surface area contributed by atoms with Gasteiger partial charge in [0, 0.05) is 11.8 Å². The van der Waals surface area contributed by atoms with Crippen molar-refractivity contribution in [1.29, 1.82) is 0 Å². The quantitative estimate of drug-likeness (QED) is 0.750. The standard InChI is InChI=1S/C13H15N2/c1-13(2,3)11-6-4-10(5-7-11)12-8-14-9-15-12/h4-8H,1-3H3,(H,14,15). The number of rotatable bonds is 1. The molecule has 2 aromatic rings. The van der Waals surface area contributed by atoms with E-state index in [0.717, 1.165) is 11.3 Å². The van der Waals surface area contributed by atoms with Crippen molar-refractivity contribution in [3.8, 4) is 11.3 Å². The van der Waals surface area contributed by atoms with E-state index in [1.165, 1.54) is 5.56 Å². The maximum absolute atomic E-state index is 4.10. The van der Waals surface area contributed by atoms with Crippen molar-refractivity contribution in [2.24, 2.45) is 0 Å². The molecule has 0 saturated heterocycles. The summed E-state index contributed by atoms with van der Waals surface area (Å²) in [5, 5.41) is 0. The highest BCUT2D eigenvalue weighted by molar-refractivity contribution is 5.58. The third kappa shape index (κ3) is 2.09. The fourth-order valence-electron chi connectivity index (χ4n) is 1.51. The minimum atomic E-state index is 0.205. The van der Waals surface area contributed by atoms with Gasteiger partial charge in [0.25, 0.3) is 0 Å². The normalized spacial score (nSPS) is 11.7. The van der Waals surface area contributed by atoms with Crippen LogP contribution in [0.1, 0.15) is 26.3 Å². The number of hydrogen-bond acceptors (Lipinski definition) is 1. The van der Waals surface area contributed by atoms with E-state index in [1.807, 2.05) is 6.20 Å². The molecule has 0 aliphatic carbocycles. The first kappa shape index (κ1) is 9.97. The highest BCUT2D eigenvalue weighted by Gasteiger charge is 2.13. The first-order valence-corrected chi connectivity index (χ1v) is 5.10. The number of aromatic nitrogens is 2. The van der Waals surface area contributed by atoms with Crippen LogP contribution in [0.2, 0.25) is 0 Å². The molecule has 0 amide bonds. The highest BCUT2D eigenvalue weighted by Crippen LogP contribution is 2.24. The summed E-state index contributed by atoms with van der Waals surface area (Å²) in [5.41, 5.74) is 3.61. The molecule has 0 atom stereocenters. The molecule has 0 aliphatic heterocycles. The molecule has 1 heterocycles. The molecular formula is C13H15N2. The van der Waals surface area contributed by atoms with Crippen LogP contribution in [0, 0.1) is 6.33 Å². The summed E-state index contributed by atoms with van der Waals surface area (Å²) in [6.45, 7) is 6.64. The van der Waals surface area contributed by atoms with Crippen LogP contribution in [0.25, 0.3) is 11.3 Å². The third-order valence-corrected chi connectivity index (χ3v) is 2.50. The number of nitrogens with one attached hydrogen (secondary N) is 1. The first-order chi connectivity index (χ1) is 7.07. The van der Waals surface area contributed by atoms with E-state index in [-0.39, 0.29) is 5.41 Å². The zero-order valence-electron chi connectivity index (χ0n) is 9.33. The fraction of sp³-hybridized carbons (Fsp3) is 0.308. The lowest BCUT2D eigenvalue weighted by atomic mass is 9.86. The summed E-state index contributed by atoms with van der Waals surface area (Å²) >= 11 is 0. The maximum atomic E-state index is 4.10. The van der Waals surface area contributed by atoms with Crippen molar-refractivity contribution in [2.45, 2.75) is 26.2 Å². The monoisotopic (exact) mass is 199 g/mol. The predicted molar refractivity (Wildman–Crippen MR) is 61.6 cm³/mol. The number of hydrogen-bond donors (Lipinski definition) is 1. The van der Waals surface area contributed by atoms with Crippen LogP contribution >= 0.6 is 0 Å². The van der Waals surface area contributed by atoms with Gasteiger partial charge in [-0.05, 0) is 11.0 Å². The Labute approximate surface area is 90.4 Å². The van der Waals surface area contributed by atoms with E-state index in [0.29, 0.717) is 0 Å². The van der Waals surface area contributed by atoms with E-state index < -0.39 is 0 Å². The van der Waals surface area contributed by atoms with Gasteiger partial charge < -0.3 is 4.98 Å². The van der Waals surface area contributed by atoms with Gasteiger partial charge in [-0.2, -0.15) is 0 Å². The van der Waals surface area contributed by atoms with Gasteiger partial charge >= 0.3 is 0 Å². The zero-order chi connectivity index (χ0) is 10.9. The molecule has 1 radical (unpaired) electrons. The summed E-state index contributed by atoms with van der Waals surface area (Å²) in [4.78, 5) is 6.93. The van der Waals surface area contributed by atoms with Gasteiger partial charge in [-0.1, -0.05) is 45.0 Å². The smallest absolute Gasteiger partial charge is 0.174 e. The second-order valence-corrected chi connectivity index (χ2v) is 4.72.